The van der Waals surface area contributed by atoms with E-state index >= 15 is 0 Å². The van der Waals surface area contributed by atoms with Crippen LogP contribution in [0, 0.1) is 39.9 Å². The molecule has 0 aromatic rings. The zero-order valence-corrected chi connectivity index (χ0v) is 18.9. The molecule has 1 aliphatic rings. The van der Waals surface area contributed by atoms with E-state index in [0.29, 0.717) is 45.8 Å². The van der Waals surface area contributed by atoms with Crippen LogP contribution >= 0.6 is 0 Å². The zero-order valence-electron chi connectivity index (χ0n) is 16.6. The van der Waals surface area contributed by atoms with E-state index in [9.17, 15) is 34.8 Å². The Morgan fingerprint density at radius 1 is 0.690 bits per heavy atom. The molecular weight excluding hydrogens is 529 g/mol. The quantitative estimate of drug-likeness (QED) is 0.303. The van der Waals surface area contributed by atoms with Crippen molar-refractivity contribution < 1.29 is 74.8 Å². The molecule has 12 heteroatoms. The van der Waals surface area contributed by atoms with Crippen molar-refractivity contribution >= 4 is 17.9 Å². The zero-order chi connectivity index (χ0) is 21.1. The molecule has 1 rings (SSSR count). The predicted octanol–water partition coefficient (Wildman–Crippen LogP) is -6.16. The van der Waals surface area contributed by atoms with E-state index in [1.165, 1.54) is 0 Å². The summed E-state index contributed by atoms with van der Waals surface area (Å²) < 4.78 is 0. The van der Waals surface area contributed by atoms with Crippen molar-refractivity contribution in [3.05, 3.63) is 0 Å². The number of carboxylic acid groups (broad SMARTS) is 3. The van der Waals surface area contributed by atoms with Crippen LogP contribution in [0.3, 0.4) is 0 Å². The molecule has 0 bridgehead atoms. The molecule has 29 heavy (non-hydrogen) atoms. The first kappa shape index (κ1) is 28.5. The molecule has 0 aliphatic carbocycles. The average Bonchev–Trinajstić information content (AvgIpc) is 2.55. The predicted molar refractivity (Wildman–Crippen MR) is 92.5 cm³/mol. The molecule has 1 atom stereocenters. The number of nitrogens with zero attached hydrogens (tertiary/aromatic N) is 4. The van der Waals surface area contributed by atoms with Gasteiger partial charge in [0.05, 0.1) is 24.0 Å². The van der Waals surface area contributed by atoms with E-state index in [1.54, 1.807) is 21.6 Å². The van der Waals surface area contributed by atoms with Gasteiger partial charge in [0, 0.05) is 78.5 Å². The number of β-amino-alcohol motifs (C(OH)–C–C–N with tert-alkyl or cyclic N) is 1. The number of hydrogen-bond donors (Lipinski definition) is 1. The second kappa shape index (κ2) is 15.4. The first-order valence-electron chi connectivity index (χ1n) is 9.32. The molecule has 0 aromatic heterocycles. The Morgan fingerprint density at radius 2 is 0.931 bits per heavy atom. The first-order valence-corrected chi connectivity index (χ1v) is 9.32. The normalized spacial score (nSPS) is 20.1. The van der Waals surface area contributed by atoms with Crippen LogP contribution in [0.15, 0.2) is 0 Å². The summed E-state index contributed by atoms with van der Waals surface area (Å²) in [6.07, 6.45) is -0.587. The van der Waals surface area contributed by atoms with Gasteiger partial charge in [-0.15, -0.1) is 0 Å². The summed E-state index contributed by atoms with van der Waals surface area (Å²) in [5, 5.41) is 42.7. The van der Waals surface area contributed by atoms with Crippen LogP contribution in [-0.4, -0.2) is 127 Å². The van der Waals surface area contributed by atoms with Crippen molar-refractivity contribution in [1.29, 1.82) is 0 Å². The molecule has 1 heterocycles. The molecule has 0 unspecified atom stereocenters. The third-order valence-electron chi connectivity index (χ3n) is 4.51. The third-order valence-corrected chi connectivity index (χ3v) is 4.51. The maximum Gasteiger partial charge on any atom is 3.00 e. The molecule has 0 spiro atoms. The third kappa shape index (κ3) is 14.2. The molecule has 11 nitrogen and oxygen atoms in total. The van der Waals surface area contributed by atoms with Gasteiger partial charge < -0.3 is 34.8 Å². The smallest absolute Gasteiger partial charge is 0.549 e. The van der Waals surface area contributed by atoms with E-state index in [0.717, 1.165) is 0 Å². The SMILES string of the molecule is C[C@@H](O)CN1CCN(CC(=O)[O-])CCN(CC(=O)[O-])CCN(CC(=O)[O-])CC1.[Gd+3]. The topological polar surface area (TPSA) is 154 Å². The molecule has 1 fully saturated rings. The summed E-state index contributed by atoms with van der Waals surface area (Å²) in [4.78, 5) is 39.9. The van der Waals surface area contributed by atoms with E-state index in [4.69, 9.17) is 0 Å². The summed E-state index contributed by atoms with van der Waals surface area (Å²) in [6.45, 7) is 4.04. The molecule has 0 amide bonds. The van der Waals surface area contributed by atoms with Gasteiger partial charge in [0.25, 0.3) is 0 Å². The van der Waals surface area contributed by atoms with Crippen LogP contribution in [0.1, 0.15) is 6.92 Å². The summed E-state index contributed by atoms with van der Waals surface area (Å²) in [5.74, 6) is -3.70. The fourth-order valence-corrected chi connectivity index (χ4v) is 3.16. The molecule has 1 N–H and O–H groups in total. The molecule has 1 radical (unpaired) electrons. The van der Waals surface area contributed by atoms with Crippen molar-refractivity contribution in [2.24, 2.45) is 0 Å². The van der Waals surface area contributed by atoms with Gasteiger partial charge in [0.1, 0.15) is 0 Å². The number of carboxylic acids is 3. The standard InChI is InChI=1S/C17H32N4O7.Gd/c1-14(22)10-18-2-4-19(11-15(23)24)6-8-21(13-17(27)28)9-7-20(5-3-18)12-16(25)26;/h14,22H,2-13H2,1H3,(H,23,24)(H,25,26)(H,27,28);/q;+3/p-3/t14-;/m1./s1. The van der Waals surface area contributed by atoms with Crippen molar-refractivity contribution in [3.63, 3.8) is 0 Å². The number of rotatable bonds is 8. The second-order valence-corrected chi connectivity index (χ2v) is 7.09. The Bertz CT molecular complexity index is 492. The van der Waals surface area contributed by atoms with Gasteiger partial charge >= 0.3 is 39.9 Å². The van der Waals surface area contributed by atoms with Crippen molar-refractivity contribution in [3.8, 4) is 0 Å². The maximum atomic E-state index is 11.0. The minimum atomic E-state index is -1.26. The minimum Gasteiger partial charge on any atom is -0.549 e. The number of carbonyl (C=O) groups excluding carboxylic acids is 3. The molecule has 1 saturated heterocycles. The van der Waals surface area contributed by atoms with Crippen LogP contribution in [0.2, 0.25) is 0 Å². The Hall–Kier alpha value is -0.465. The van der Waals surface area contributed by atoms with Gasteiger partial charge in [0.15, 0.2) is 0 Å². The van der Waals surface area contributed by atoms with Crippen LogP contribution in [-0.2, 0) is 14.4 Å². The Kier molecular flexibility index (Phi) is 15.1. The summed E-state index contributed by atoms with van der Waals surface area (Å²) >= 11 is 0. The fraction of sp³-hybridized carbons (Fsp3) is 0.824. The van der Waals surface area contributed by atoms with Crippen LogP contribution in [0.25, 0.3) is 0 Å². The van der Waals surface area contributed by atoms with Crippen LogP contribution < -0.4 is 15.3 Å². The minimum absolute atomic E-state index is 0. The van der Waals surface area contributed by atoms with Crippen molar-refractivity contribution in [1.82, 2.24) is 19.6 Å². The van der Waals surface area contributed by atoms with E-state index in [2.05, 4.69) is 0 Å². The number of aliphatic carboxylic acids is 3. The molecule has 1 aliphatic heterocycles. The van der Waals surface area contributed by atoms with Gasteiger partial charge in [-0.25, -0.2) is 0 Å². The second-order valence-electron chi connectivity index (χ2n) is 7.09. The van der Waals surface area contributed by atoms with E-state index in [-0.39, 0.29) is 72.7 Å². The van der Waals surface area contributed by atoms with E-state index in [1.807, 2.05) is 4.90 Å². The van der Waals surface area contributed by atoms with Gasteiger partial charge in [-0.3, -0.25) is 19.6 Å². The summed E-state index contributed by atoms with van der Waals surface area (Å²) in [6, 6.07) is 0. The van der Waals surface area contributed by atoms with Crippen molar-refractivity contribution in [2.45, 2.75) is 13.0 Å². The molecule has 0 aromatic carbocycles. The monoisotopic (exact) mass is 559 g/mol. The number of aliphatic hydroxyl groups excluding tert-OH is 1. The Labute approximate surface area is 202 Å². The Morgan fingerprint density at radius 3 is 1.14 bits per heavy atom. The Balaban J connectivity index is 0.00000784. The average molecular weight is 559 g/mol. The summed E-state index contributed by atoms with van der Waals surface area (Å²) in [5.41, 5.74) is 0. The van der Waals surface area contributed by atoms with Crippen molar-refractivity contribution in [2.75, 3.05) is 78.5 Å². The van der Waals surface area contributed by atoms with Gasteiger partial charge in [0.2, 0.25) is 0 Å². The van der Waals surface area contributed by atoms with Gasteiger partial charge in [-0.2, -0.15) is 0 Å². The number of carbonyl (C=O) groups is 3. The van der Waals surface area contributed by atoms with Gasteiger partial charge in [-0.1, -0.05) is 0 Å². The number of hydrogen-bond acceptors (Lipinski definition) is 11. The summed E-state index contributed by atoms with van der Waals surface area (Å²) in [7, 11) is 0. The number of aliphatic hydroxyl groups is 1. The largest absolute Gasteiger partial charge is 3.00 e. The molecule has 167 valence electrons. The fourth-order valence-electron chi connectivity index (χ4n) is 3.16. The molecule has 0 saturated carbocycles. The van der Waals surface area contributed by atoms with Crippen LogP contribution in [0.5, 0.6) is 0 Å². The van der Waals surface area contributed by atoms with E-state index < -0.39 is 24.0 Å². The maximum absolute atomic E-state index is 11.0. The first-order chi connectivity index (χ1) is 13.2. The van der Waals surface area contributed by atoms with Crippen LogP contribution in [0.4, 0.5) is 0 Å². The molecular formula is C17H29GdN4O7. The van der Waals surface area contributed by atoms with Gasteiger partial charge in [-0.05, 0) is 6.92 Å².